The van der Waals surface area contributed by atoms with Crippen molar-refractivity contribution in [3.63, 3.8) is 0 Å². The van der Waals surface area contributed by atoms with E-state index in [0.717, 1.165) is 43.7 Å². The van der Waals surface area contributed by atoms with E-state index in [2.05, 4.69) is 46.2 Å². The zero-order chi connectivity index (χ0) is 18.9. The van der Waals surface area contributed by atoms with Gasteiger partial charge in [-0.1, -0.05) is 20.8 Å². The Balaban J connectivity index is 1.92. The lowest BCUT2D eigenvalue weighted by Crippen LogP contribution is -2.54. The Morgan fingerprint density at radius 2 is 2.00 bits per heavy atom. The van der Waals surface area contributed by atoms with Crippen LogP contribution in [-0.4, -0.2) is 83.4 Å². The van der Waals surface area contributed by atoms with E-state index in [9.17, 15) is 4.79 Å². The predicted octanol–water partition coefficient (Wildman–Crippen LogP) is 0.978. The van der Waals surface area contributed by atoms with E-state index in [1.807, 2.05) is 11.9 Å². The van der Waals surface area contributed by atoms with E-state index in [4.69, 9.17) is 4.74 Å². The molecule has 2 heterocycles. The number of ether oxygens (including phenoxy) is 1. The molecular formula is C18H32N6O2. The zero-order valence-electron chi connectivity index (χ0n) is 16.5. The van der Waals surface area contributed by atoms with Crippen molar-refractivity contribution in [2.45, 2.75) is 46.1 Å². The number of amides is 1. The average Bonchev–Trinajstić information content (AvgIpc) is 2.67. The summed E-state index contributed by atoms with van der Waals surface area (Å²) in [5.41, 5.74) is 1.92. The van der Waals surface area contributed by atoms with Crippen molar-refractivity contribution in [2.75, 3.05) is 51.8 Å². The summed E-state index contributed by atoms with van der Waals surface area (Å²) < 4.78 is 5.49. The zero-order valence-corrected chi connectivity index (χ0v) is 16.5. The number of anilines is 1. The van der Waals surface area contributed by atoms with Gasteiger partial charge in [-0.25, -0.2) is 4.98 Å². The minimum Gasteiger partial charge on any atom is -0.378 e. The standard InChI is InChI=1S/C18H32N6O2/c1-5-9-24(17(25)16-13-26-12-11-23(16)4)10-8-19-18-20-14(6-2)15(7-3)21-22-18/h16H,5-13H2,1-4H3,(H,19,20,22). The quantitative estimate of drug-likeness (QED) is 0.699. The molecule has 1 N–H and O–H groups in total. The van der Waals surface area contributed by atoms with Crippen LogP contribution in [0.25, 0.3) is 0 Å². The number of likely N-dealkylation sites (N-methyl/N-ethyl adjacent to an activating group) is 1. The number of carbonyl (C=O) groups is 1. The molecule has 0 radical (unpaired) electrons. The number of hydrogen-bond acceptors (Lipinski definition) is 7. The maximum atomic E-state index is 12.9. The smallest absolute Gasteiger partial charge is 0.243 e. The number of hydrogen-bond donors (Lipinski definition) is 1. The van der Waals surface area contributed by atoms with Crippen LogP contribution in [0.2, 0.25) is 0 Å². The molecule has 0 aliphatic carbocycles. The van der Waals surface area contributed by atoms with Gasteiger partial charge in [-0.15, -0.1) is 5.10 Å². The minimum absolute atomic E-state index is 0.130. The van der Waals surface area contributed by atoms with Crippen LogP contribution in [-0.2, 0) is 22.4 Å². The molecule has 1 unspecified atom stereocenters. The first-order valence-corrected chi connectivity index (χ1v) is 9.63. The van der Waals surface area contributed by atoms with Crippen molar-refractivity contribution in [1.29, 1.82) is 0 Å². The second-order valence-corrected chi connectivity index (χ2v) is 6.56. The van der Waals surface area contributed by atoms with E-state index in [-0.39, 0.29) is 11.9 Å². The number of morpholine rings is 1. The molecule has 0 bridgehead atoms. The molecule has 1 amide bonds. The molecule has 2 rings (SSSR count). The van der Waals surface area contributed by atoms with E-state index in [1.54, 1.807) is 0 Å². The van der Waals surface area contributed by atoms with Crippen LogP contribution in [0.4, 0.5) is 5.95 Å². The van der Waals surface area contributed by atoms with Gasteiger partial charge in [-0.3, -0.25) is 9.69 Å². The molecule has 0 saturated carbocycles. The first-order valence-electron chi connectivity index (χ1n) is 9.63. The van der Waals surface area contributed by atoms with E-state index < -0.39 is 0 Å². The van der Waals surface area contributed by atoms with Crippen LogP contribution in [0.15, 0.2) is 0 Å². The molecule has 26 heavy (non-hydrogen) atoms. The third-order valence-electron chi connectivity index (χ3n) is 4.66. The highest BCUT2D eigenvalue weighted by atomic mass is 16.5. The van der Waals surface area contributed by atoms with Crippen LogP contribution in [0, 0.1) is 0 Å². The molecule has 1 atom stereocenters. The number of nitrogens with zero attached hydrogens (tertiary/aromatic N) is 5. The molecule has 1 aromatic rings. The van der Waals surface area contributed by atoms with Gasteiger partial charge in [-0.2, -0.15) is 5.10 Å². The lowest BCUT2D eigenvalue weighted by molar-refractivity contribution is -0.142. The molecule has 8 nitrogen and oxygen atoms in total. The van der Waals surface area contributed by atoms with Crippen LogP contribution in [0.1, 0.15) is 38.6 Å². The number of aryl methyl sites for hydroxylation is 2. The predicted molar refractivity (Wildman–Crippen MR) is 101 cm³/mol. The topological polar surface area (TPSA) is 83.5 Å². The highest BCUT2D eigenvalue weighted by molar-refractivity contribution is 5.82. The number of carbonyl (C=O) groups excluding carboxylic acids is 1. The molecule has 8 heteroatoms. The lowest BCUT2D eigenvalue weighted by atomic mass is 10.2. The Morgan fingerprint density at radius 1 is 1.23 bits per heavy atom. The highest BCUT2D eigenvalue weighted by Gasteiger charge is 2.30. The lowest BCUT2D eigenvalue weighted by Gasteiger charge is -2.35. The molecule has 0 spiro atoms. The highest BCUT2D eigenvalue weighted by Crippen LogP contribution is 2.10. The van der Waals surface area contributed by atoms with Gasteiger partial charge in [0.05, 0.1) is 24.6 Å². The van der Waals surface area contributed by atoms with Crippen LogP contribution in [0.5, 0.6) is 0 Å². The summed E-state index contributed by atoms with van der Waals surface area (Å²) in [6.07, 6.45) is 2.59. The van der Waals surface area contributed by atoms with E-state index in [0.29, 0.717) is 32.3 Å². The summed E-state index contributed by atoms with van der Waals surface area (Å²) in [5, 5.41) is 11.6. The third kappa shape index (κ3) is 5.35. The Bertz CT molecular complexity index is 583. The fraction of sp³-hybridized carbons (Fsp3) is 0.778. The van der Waals surface area contributed by atoms with Crippen molar-refractivity contribution < 1.29 is 9.53 Å². The summed E-state index contributed by atoms with van der Waals surface area (Å²) in [6, 6.07) is -0.191. The van der Waals surface area contributed by atoms with Gasteiger partial charge in [0, 0.05) is 26.2 Å². The number of nitrogens with one attached hydrogen (secondary N) is 1. The largest absolute Gasteiger partial charge is 0.378 e. The third-order valence-corrected chi connectivity index (χ3v) is 4.66. The monoisotopic (exact) mass is 364 g/mol. The summed E-state index contributed by atoms with van der Waals surface area (Å²) >= 11 is 0. The SMILES string of the molecule is CCCN(CCNc1nnc(CC)c(CC)n1)C(=O)C1COCCN1C. The van der Waals surface area contributed by atoms with Crippen molar-refractivity contribution >= 4 is 11.9 Å². The molecular weight excluding hydrogens is 332 g/mol. The molecule has 1 aliphatic heterocycles. The molecule has 1 aromatic heterocycles. The number of rotatable bonds is 9. The Hall–Kier alpha value is -1.80. The normalized spacial score (nSPS) is 17.9. The van der Waals surface area contributed by atoms with Gasteiger partial charge < -0.3 is 15.0 Å². The summed E-state index contributed by atoms with van der Waals surface area (Å²) in [6.45, 7) is 10.1. The van der Waals surface area contributed by atoms with E-state index in [1.165, 1.54) is 0 Å². The molecule has 1 aliphatic rings. The fourth-order valence-corrected chi connectivity index (χ4v) is 3.07. The molecule has 146 valence electrons. The second kappa shape index (κ2) is 10.4. The first-order chi connectivity index (χ1) is 12.6. The van der Waals surface area contributed by atoms with Gasteiger partial charge in [0.15, 0.2) is 0 Å². The van der Waals surface area contributed by atoms with Gasteiger partial charge in [0.2, 0.25) is 11.9 Å². The maximum absolute atomic E-state index is 12.9. The Morgan fingerprint density at radius 3 is 2.65 bits per heavy atom. The van der Waals surface area contributed by atoms with Crippen molar-refractivity contribution in [2.24, 2.45) is 0 Å². The van der Waals surface area contributed by atoms with Crippen LogP contribution in [0.3, 0.4) is 0 Å². The van der Waals surface area contributed by atoms with Gasteiger partial charge in [0.1, 0.15) is 6.04 Å². The van der Waals surface area contributed by atoms with Crippen LogP contribution < -0.4 is 5.32 Å². The maximum Gasteiger partial charge on any atom is 0.243 e. The number of aromatic nitrogens is 3. The van der Waals surface area contributed by atoms with Gasteiger partial charge in [0.25, 0.3) is 0 Å². The fourth-order valence-electron chi connectivity index (χ4n) is 3.07. The summed E-state index contributed by atoms with van der Waals surface area (Å²) in [7, 11) is 1.98. The van der Waals surface area contributed by atoms with Crippen molar-refractivity contribution in [3.8, 4) is 0 Å². The van der Waals surface area contributed by atoms with Crippen molar-refractivity contribution in [3.05, 3.63) is 11.4 Å². The Kier molecular flexibility index (Phi) is 8.18. The second-order valence-electron chi connectivity index (χ2n) is 6.56. The summed E-state index contributed by atoms with van der Waals surface area (Å²) in [4.78, 5) is 21.4. The Labute approximate surface area is 156 Å². The summed E-state index contributed by atoms with van der Waals surface area (Å²) in [5.74, 6) is 0.659. The van der Waals surface area contributed by atoms with E-state index >= 15 is 0 Å². The van der Waals surface area contributed by atoms with Crippen LogP contribution >= 0.6 is 0 Å². The molecule has 1 fully saturated rings. The first kappa shape index (κ1) is 20.5. The average molecular weight is 364 g/mol. The molecule has 1 saturated heterocycles. The van der Waals surface area contributed by atoms with Gasteiger partial charge in [-0.05, 0) is 26.3 Å². The minimum atomic E-state index is -0.191. The molecule has 0 aromatic carbocycles. The van der Waals surface area contributed by atoms with Crippen molar-refractivity contribution in [1.82, 2.24) is 25.0 Å². The van der Waals surface area contributed by atoms with Gasteiger partial charge >= 0.3 is 0 Å².